The Bertz CT molecular complexity index is 481. The normalized spacial score (nSPS) is 11.5. The number of rotatable bonds is 1. The third kappa shape index (κ3) is 1.94. The number of fused-ring (bicyclic) bond motifs is 1. The number of hydrogen-bond acceptors (Lipinski definition) is 1. The molecule has 0 saturated carbocycles. The zero-order valence-corrected chi connectivity index (χ0v) is 11.3. The van der Waals surface area contributed by atoms with E-state index >= 15 is 0 Å². The van der Waals surface area contributed by atoms with Gasteiger partial charge in [-0.3, -0.25) is 0 Å². The van der Waals surface area contributed by atoms with Crippen LogP contribution in [0.1, 0.15) is 12.0 Å². The number of hydrogen-bond donors (Lipinski definition) is 0. The Balaban J connectivity index is 2.71. The molecule has 0 radical (unpaired) electrons. The van der Waals surface area contributed by atoms with E-state index in [-0.39, 0.29) is 5.56 Å². The van der Waals surface area contributed by atoms with Gasteiger partial charge >= 0.3 is 0 Å². The maximum Gasteiger partial charge on any atom is 0.263 e. The van der Waals surface area contributed by atoms with Crippen molar-refractivity contribution >= 4 is 59.9 Å². The van der Waals surface area contributed by atoms with Crippen molar-refractivity contribution in [2.45, 2.75) is 6.43 Å². The van der Waals surface area contributed by atoms with Crippen molar-refractivity contribution in [1.82, 2.24) is 0 Å². The van der Waals surface area contributed by atoms with Crippen LogP contribution in [0.25, 0.3) is 10.1 Å². The Hall–Kier alpha value is 0.250. The van der Waals surface area contributed by atoms with Gasteiger partial charge in [0.1, 0.15) is 0 Å². The standard InChI is InChI=1S/C9H4BrF2IS/c10-6-2-5(9(11)12)1-4-3-7(13)14-8(4)6/h1-3,9H. The Kier molecular flexibility index (Phi) is 3.09. The van der Waals surface area contributed by atoms with E-state index in [2.05, 4.69) is 38.5 Å². The molecule has 0 N–H and O–H groups in total. The zero-order valence-electron chi connectivity index (χ0n) is 6.73. The summed E-state index contributed by atoms with van der Waals surface area (Å²) >= 11 is 7.09. The van der Waals surface area contributed by atoms with Crippen LogP contribution in [0.2, 0.25) is 0 Å². The van der Waals surface area contributed by atoms with E-state index in [1.807, 2.05) is 6.07 Å². The van der Waals surface area contributed by atoms with Gasteiger partial charge in [-0.05, 0) is 62.1 Å². The molecule has 0 atom stereocenters. The summed E-state index contributed by atoms with van der Waals surface area (Å²) in [5, 5.41) is 0.879. The lowest BCUT2D eigenvalue weighted by molar-refractivity contribution is 0.151. The molecule has 5 heteroatoms. The number of thiophene rings is 1. The predicted octanol–water partition coefficient (Wildman–Crippen LogP) is 5.21. The largest absolute Gasteiger partial charge is 0.263 e. The van der Waals surface area contributed by atoms with Crippen molar-refractivity contribution < 1.29 is 8.78 Å². The lowest BCUT2D eigenvalue weighted by Gasteiger charge is -2.01. The SMILES string of the molecule is FC(F)c1cc(Br)c2sc(I)cc2c1. The van der Waals surface area contributed by atoms with Gasteiger partial charge in [0.15, 0.2) is 0 Å². The van der Waals surface area contributed by atoms with Crippen LogP contribution in [-0.2, 0) is 0 Å². The minimum Gasteiger partial charge on any atom is -0.205 e. The quantitative estimate of drug-likeness (QED) is 0.588. The summed E-state index contributed by atoms with van der Waals surface area (Å²) in [6.07, 6.45) is -2.41. The van der Waals surface area contributed by atoms with E-state index in [0.29, 0.717) is 0 Å². The number of benzene rings is 1. The second-order valence-corrected chi connectivity index (χ2v) is 6.57. The molecule has 1 aromatic carbocycles. The van der Waals surface area contributed by atoms with Crippen LogP contribution >= 0.6 is 49.9 Å². The van der Waals surface area contributed by atoms with Crippen LogP contribution in [0.4, 0.5) is 8.78 Å². The molecule has 0 saturated heterocycles. The third-order valence-electron chi connectivity index (χ3n) is 1.82. The van der Waals surface area contributed by atoms with E-state index in [0.717, 1.165) is 17.4 Å². The molecule has 1 aromatic heterocycles. The summed E-state index contributed by atoms with van der Waals surface area (Å²) in [6.45, 7) is 0. The Morgan fingerprint density at radius 1 is 1.29 bits per heavy atom. The fourth-order valence-corrected chi connectivity index (χ4v) is 3.73. The minimum absolute atomic E-state index is 0.0681. The summed E-state index contributed by atoms with van der Waals surface area (Å²) in [5.74, 6) is 0. The van der Waals surface area contributed by atoms with Crippen molar-refractivity contribution in [3.63, 3.8) is 0 Å². The maximum atomic E-state index is 12.5. The van der Waals surface area contributed by atoms with Crippen LogP contribution in [0.15, 0.2) is 22.7 Å². The van der Waals surface area contributed by atoms with Gasteiger partial charge in [-0.15, -0.1) is 11.3 Å². The first kappa shape index (κ1) is 10.8. The van der Waals surface area contributed by atoms with Crippen LogP contribution < -0.4 is 0 Å². The topological polar surface area (TPSA) is 0 Å². The molecule has 0 spiro atoms. The average molecular weight is 389 g/mol. The Morgan fingerprint density at radius 2 is 2.00 bits per heavy atom. The summed E-state index contributed by atoms with van der Waals surface area (Å²) < 4.78 is 27.8. The van der Waals surface area contributed by atoms with Crippen LogP contribution in [0.5, 0.6) is 0 Å². The smallest absolute Gasteiger partial charge is 0.205 e. The lowest BCUT2D eigenvalue weighted by Crippen LogP contribution is -1.83. The molecule has 0 nitrogen and oxygen atoms in total. The second-order valence-electron chi connectivity index (χ2n) is 2.77. The predicted molar refractivity (Wildman–Crippen MR) is 67.2 cm³/mol. The van der Waals surface area contributed by atoms with Gasteiger partial charge in [-0.1, -0.05) is 0 Å². The number of halogens is 4. The monoisotopic (exact) mass is 388 g/mol. The first-order chi connectivity index (χ1) is 6.58. The molecule has 0 bridgehead atoms. The molecule has 74 valence electrons. The third-order valence-corrected chi connectivity index (χ3v) is 4.65. The van der Waals surface area contributed by atoms with Gasteiger partial charge in [0.25, 0.3) is 6.43 Å². The van der Waals surface area contributed by atoms with Crippen molar-refractivity contribution in [3.8, 4) is 0 Å². The fraction of sp³-hybridized carbons (Fsp3) is 0.111. The van der Waals surface area contributed by atoms with E-state index in [1.54, 1.807) is 17.4 Å². The van der Waals surface area contributed by atoms with E-state index in [1.165, 1.54) is 6.07 Å². The van der Waals surface area contributed by atoms with Crippen LogP contribution in [-0.4, -0.2) is 0 Å². The van der Waals surface area contributed by atoms with Crippen molar-refractivity contribution in [2.24, 2.45) is 0 Å². The molecule has 2 aromatic rings. The summed E-state index contributed by atoms with van der Waals surface area (Å²) in [4.78, 5) is 0. The molecule has 0 aliphatic carbocycles. The summed E-state index contributed by atoms with van der Waals surface area (Å²) in [5.41, 5.74) is 0.0681. The zero-order chi connectivity index (χ0) is 10.3. The molecule has 0 amide bonds. The Labute approximate surface area is 106 Å². The molecule has 0 unspecified atom stereocenters. The maximum absolute atomic E-state index is 12.5. The van der Waals surface area contributed by atoms with Crippen molar-refractivity contribution in [3.05, 3.63) is 31.1 Å². The number of alkyl halides is 2. The molecular formula is C9H4BrF2IS. The van der Waals surface area contributed by atoms with Crippen molar-refractivity contribution in [1.29, 1.82) is 0 Å². The molecular weight excluding hydrogens is 385 g/mol. The minimum atomic E-state index is -2.41. The highest BCUT2D eigenvalue weighted by atomic mass is 127. The molecule has 0 fully saturated rings. The van der Waals surface area contributed by atoms with Crippen molar-refractivity contribution in [2.75, 3.05) is 0 Å². The highest BCUT2D eigenvalue weighted by molar-refractivity contribution is 14.1. The molecule has 0 aliphatic rings. The van der Waals surface area contributed by atoms with E-state index in [9.17, 15) is 8.78 Å². The van der Waals surface area contributed by atoms with E-state index < -0.39 is 6.43 Å². The molecule has 0 aliphatic heterocycles. The highest BCUT2D eigenvalue weighted by Crippen LogP contribution is 2.36. The first-order valence-corrected chi connectivity index (χ1v) is 6.43. The first-order valence-electron chi connectivity index (χ1n) is 3.74. The van der Waals surface area contributed by atoms with Gasteiger partial charge in [0, 0.05) is 14.7 Å². The Morgan fingerprint density at radius 3 is 2.64 bits per heavy atom. The summed E-state index contributed by atoms with van der Waals surface area (Å²) in [6, 6.07) is 4.94. The molecule has 14 heavy (non-hydrogen) atoms. The lowest BCUT2D eigenvalue weighted by atomic mass is 10.2. The van der Waals surface area contributed by atoms with Gasteiger partial charge in [0.2, 0.25) is 0 Å². The highest BCUT2D eigenvalue weighted by Gasteiger charge is 2.11. The van der Waals surface area contributed by atoms with E-state index in [4.69, 9.17) is 0 Å². The fourth-order valence-electron chi connectivity index (χ4n) is 1.23. The van der Waals surface area contributed by atoms with Crippen LogP contribution in [0.3, 0.4) is 0 Å². The van der Waals surface area contributed by atoms with Gasteiger partial charge < -0.3 is 0 Å². The van der Waals surface area contributed by atoms with Gasteiger partial charge in [-0.25, -0.2) is 8.78 Å². The summed E-state index contributed by atoms with van der Waals surface area (Å²) in [7, 11) is 0. The van der Waals surface area contributed by atoms with Gasteiger partial charge in [-0.2, -0.15) is 0 Å². The molecule has 1 heterocycles. The second kappa shape index (κ2) is 4.02. The van der Waals surface area contributed by atoms with Gasteiger partial charge in [0.05, 0.1) is 2.88 Å². The molecule has 2 rings (SSSR count). The van der Waals surface area contributed by atoms with Crippen LogP contribution in [0, 0.1) is 2.88 Å². The average Bonchev–Trinajstić information content (AvgIpc) is 2.45.